The predicted octanol–water partition coefficient (Wildman–Crippen LogP) is 2.09. The molecule has 0 bridgehead atoms. The van der Waals surface area contributed by atoms with Gasteiger partial charge in [0.2, 0.25) is 0 Å². The number of halogens is 1. The Morgan fingerprint density at radius 2 is 2.06 bits per heavy atom. The zero-order valence-corrected chi connectivity index (χ0v) is 11.5. The van der Waals surface area contributed by atoms with Crippen LogP contribution >= 0.6 is 11.6 Å². The summed E-state index contributed by atoms with van der Waals surface area (Å²) in [5.41, 5.74) is 7.99. The molecule has 3 nitrogen and oxygen atoms in total. The molecule has 2 N–H and O–H groups in total. The predicted molar refractivity (Wildman–Crippen MR) is 73.0 cm³/mol. The van der Waals surface area contributed by atoms with Gasteiger partial charge < -0.3 is 15.4 Å². The molecule has 1 aromatic rings. The lowest BCUT2D eigenvalue weighted by Crippen LogP contribution is -2.27. The number of methoxy groups -OCH3 is 1. The molecule has 0 aliphatic rings. The van der Waals surface area contributed by atoms with Gasteiger partial charge in [-0.25, -0.2) is 0 Å². The van der Waals surface area contributed by atoms with Crippen LogP contribution in [-0.2, 0) is 6.42 Å². The minimum Gasteiger partial charge on any atom is -0.495 e. The summed E-state index contributed by atoms with van der Waals surface area (Å²) in [6, 6.07) is 3.98. The first kappa shape index (κ1) is 14.3. The Bertz CT molecular complexity index is 369. The zero-order chi connectivity index (χ0) is 12.8. The maximum atomic E-state index is 6.12. The summed E-state index contributed by atoms with van der Waals surface area (Å²) in [6.07, 6.45) is 0.978. The molecule has 0 unspecified atom stereocenters. The van der Waals surface area contributed by atoms with E-state index in [1.54, 1.807) is 7.11 Å². The van der Waals surface area contributed by atoms with Crippen LogP contribution in [0.3, 0.4) is 0 Å². The smallest absolute Gasteiger partial charge is 0.137 e. The number of hydrogen-bond donors (Lipinski definition) is 1. The van der Waals surface area contributed by atoms with Gasteiger partial charge in [-0.1, -0.05) is 11.6 Å². The quantitative estimate of drug-likeness (QED) is 0.847. The van der Waals surface area contributed by atoms with Crippen LogP contribution < -0.4 is 10.5 Å². The molecule has 0 fully saturated rings. The van der Waals surface area contributed by atoms with E-state index in [9.17, 15) is 0 Å². The highest BCUT2D eigenvalue weighted by molar-refractivity contribution is 6.32. The summed E-state index contributed by atoms with van der Waals surface area (Å²) >= 11 is 6.12. The minimum absolute atomic E-state index is 0.676. The van der Waals surface area contributed by atoms with Gasteiger partial charge in [-0.15, -0.1) is 0 Å². The van der Waals surface area contributed by atoms with Crippen molar-refractivity contribution in [1.82, 2.24) is 4.90 Å². The van der Waals surface area contributed by atoms with Crippen LogP contribution in [0, 0.1) is 6.92 Å². The van der Waals surface area contributed by atoms with E-state index in [4.69, 9.17) is 22.1 Å². The zero-order valence-electron chi connectivity index (χ0n) is 10.8. The summed E-state index contributed by atoms with van der Waals surface area (Å²) in [5, 5.41) is 0.676. The summed E-state index contributed by atoms with van der Waals surface area (Å²) in [7, 11) is 3.71. The average molecular weight is 257 g/mol. The number of aryl methyl sites for hydroxylation is 1. The van der Waals surface area contributed by atoms with Crippen LogP contribution in [0.25, 0.3) is 0 Å². The second kappa shape index (κ2) is 6.84. The molecule has 0 saturated heterocycles. The van der Waals surface area contributed by atoms with Crippen molar-refractivity contribution in [2.75, 3.05) is 33.8 Å². The highest BCUT2D eigenvalue weighted by Crippen LogP contribution is 2.28. The number of benzene rings is 1. The second-order valence-electron chi connectivity index (χ2n) is 4.26. The normalized spacial score (nSPS) is 10.9. The van der Waals surface area contributed by atoms with Crippen LogP contribution in [0.4, 0.5) is 0 Å². The molecule has 96 valence electrons. The molecule has 4 heteroatoms. The first-order chi connectivity index (χ1) is 8.08. The van der Waals surface area contributed by atoms with Crippen molar-refractivity contribution in [3.8, 4) is 5.75 Å². The van der Waals surface area contributed by atoms with Crippen molar-refractivity contribution in [3.05, 3.63) is 28.3 Å². The monoisotopic (exact) mass is 256 g/mol. The molecule has 0 amide bonds. The van der Waals surface area contributed by atoms with Gasteiger partial charge in [-0.2, -0.15) is 0 Å². The minimum atomic E-state index is 0.676. The number of likely N-dealkylation sites (N-methyl/N-ethyl adjacent to an activating group) is 1. The van der Waals surface area contributed by atoms with E-state index < -0.39 is 0 Å². The molecule has 17 heavy (non-hydrogen) atoms. The number of ether oxygens (including phenoxy) is 1. The lowest BCUT2D eigenvalue weighted by Gasteiger charge is -2.16. The maximum Gasteiger partial charge on any atom is 0.137 e. The van der Waals surface area contributed by atoms with Crippen molar-refractivity contribution >= 4 is 11.6 Å². The fraction of sp³-hybridized carbons (Fsp3) is 0.538. The van der Waals surface area contributed by atoms with Crippen molar-refractivity contribution in [2.24, 2.45) is 5.73 Å². The largest absolute Gasteiger partial charge is 0.495 e. The van der Waals surface area contributed by atoms with Gasteiger partial charge in [0.05, 0.1) is 12.1 Å². The molecular formula is C13H21ClN2O. The highest BCUT2D eigenvalue weighted by Gasteiger charge is 2.07. The fourth-order valence-corrected chi connectivity index (χ4v) is 2.03. The summed E-state index contributed by atoms with van der Waals surface area (Å²) in [4.78, 5) is 2.22. The Balaban J connectivity index is 2.68. The molecule has 1 aromatic carbocycles. The lowest BCUT2D eigenvalue weighted by atomic mass is 10.1. The van der Waals surface area contributed by atoms with Gasteiger partial charge in [0, 0.05) is 19.6 Å². The molecule has 0 aliphatic carbocycles. The Labute approximate surface area is 109 Å². The molecule has 1 rings (SSSR count). The number of rotatable bonds is 6. The number of hydrogen-bond acceptors (Lipinski definition) is 3. The van der Waals surface area contributed by atoms with Crippen LogP contribution in [0.2, 0.25) is 5.02 Å². The molecule has 0 aromatic heterocycles. The molecule has 0 aliphatic heterocycles. The SMILES string of the molecule is COc1cc(C)c(CCN(C)CCN)cc1Cl. The third kappa shape index (κ3) is 4.19. The first-order valence-electron chi connectivity index (χ1n) is 5.80. The number of nitrogens with two attached hydrogens (primary N) is 1. The maximum absolute atomic E-state index is 6.12. The fourth-order valence-electron chi connectivity index (χ4n) is 1.77. The number of nitrogens with zero attached hydrogens (tertiary/aromatic N) is 1. The molecule has 0 radical (unpaired) electrons. The average Bonchev–Trinajstić information content (AvgIpc) is 2.30. The molecular weight excluding hydrogens is 236 g/mol. The van der Waals surface area contributed by atoms with E-state index in [1.807, 2.05) is 12.1 Å². The van der Waals surface area contributed by atoms with E-state index in [2.05, 4.69) is 18.9 Å². The van der Waals surface area contributed by atoms with Crippen LogP contribution in [0.1, 0.15) is 11.1 Å². The summed E-state index contributed by atoms with van der Waals surface area (Å²) in [5.74, 6) is 0.739. The summed E-state index contributed by atoms with van der Waals surface area (Å²) in [6.45, 7) is 4.68. The van der Waals surface area contributed by atoms with Crippen molar-refractivity contribution in [2.45, 2.75) is 13.3 Å². The van der Waals surface area contributed by atoms with E-state index in [-0.39, 0.29) is 0 Å². The van der Waals surface area contributed by atoms with Gasteiger partial charge in [0.25, 0.3) is 0 Å². The molecule has 0 atom stereocenters. The van der Waals surface area contributed by atoms with Gasteiger partial charge in [0.15, 0.2) is 0 Å². The van der Waals surface area contributed by atoms with Gasteiger partial charge in [-0.05, 0) is 43.7 Å². The van der Waals surface area contributed by atoms with Crippen molar-refractivity contribution < 1.29 is 4.74 Å². The lowest BCUT2D eigenvalue weighted by molar-refractivity contribution is 0.347. The van der Waals surface area contributed by atoms with E-state index in [0.717, 1.165) is 25.3 Å². The molecule has 0 spiro atoms. The Morgan fingerprint density at radius 3 is 2.65 bits per heavy atom. The van der Waals surface area contributed by atoms with Crippen molar-refractivity contribution in [1.29, 1.82) is 0 Å². The Morgan fingerprint density at radius 1 is 1.35 bits per heavy atom. The van der Waals surface area contributed by atoms with Crippen molar-refractivity contribution in [3.63, 3.8) is 0 Å². The van der Waals surface area contributed by atoms with Crippen LogP contribution in [0.5, 0.6) is 5.75 Å². The summed E-state index contributed by atoms with van der Waals surface area (Å²) < 4.78 is 5.19. The van der Waals surface area contributed by atoms with Crippen LogP contribution in [0.15, 0.2) is 12.1 Å². The van der Waals surface area contributed by atoms with E-state index in [1.165, 1.54) is 11.1 Å². The third-order valence-corrected chi connectivity index (χ3v) is 3.18. The standard InChI is InChI=1S/C13H21ClN2O/c1-10-8-13(17-3)12(14)9-11(10)4-6-16(2)7-5-15/h8-9H,4-7,15H2,1-3H3. The highest BCUT2D eigenvalue weighted by atomic mass is 35.5. The third-order valence-electron chi connectivity index (χ3n) is 2.88. The second-order valence-corrected chi connectivity index (χ2v) is 4.66. The molecule has 0 saturated carbocycles. The Kier molecular flexibility index (Phi) is 5.75. The first-order valence-corrected chi connectivity index (χ1v) is 6.18. The van der Waals surface area contributed by atoms with E-state index in [0.29, 0.717) is 11.6 Å². The van der Waals surface area contributed by atoms with Gasteiger partial charge in [-0.3, -0.25) is 0 Å². The van der Waals surface area contributed by atoms with Gasteiger partial charge >= 0.3 is 0 Å². The van der Waals surface area contributed by atoms with Crippen LogP contribution in [-0.4, -0.2) is 38.7 Å². The van der Waals surface area contributed by atoms with Gasteiger partial charge in [0.1, 0.15) is 5.75 Å². The topological polar surface area (TPSA) is 38.5 Å². The Hall–Kier alpha value is -0.770. The van der Waals surface area contributed by atoms with E-state index >= 15 is 0 Å². The molecule has 0 heterocycles.